The summed E-state index contributed by atoms with van der Waals surface area (Å²) in [5.74, 6) is 2.21. The molecule has 0 aliphatic rings. The fourth-order valence-electron chi connectivity index (χ4n) is 3.35. The molecule has 0 saturated carbocycles. The van der Waals surface area contributed by atoms with Crippen LogP contribution >= 0.6 is 24.0 Å². The molecule has 0 amide bonds. The van der Waals surface area contributed by atoms with Gasteiger partial charge in [-0.05, 0) is 43.7 Å². The highest BCUT2D eigenvalue weighted by molar-refractivity contribution is 14.0. The van der Waals surface area contributed by atoms with Crippen molar-refractivity contribution in [1.29, 1.82) is 0 Å². The number of alkyl halides is 2. The van der Waals surface area contributed by atoms with E-state index >= 15 is 0 Å². The predicted octanol–water partition coefficient (Wildman–Crippen LogP) is 4.33. The number of fused-ring (bicyclic) bond motifs is 1. The molecular formula is C22H28F2IN5O2. The Bertz CT molecular complexity index is 1040. The summed E-state index contributed by atoms with van der Waals surface area (Å²) in [4.78, 5) is 8.77. The lowest BCUT2D eigenvalue weighted by atomic mass is 10.2. The SMILES string of the molecule is CN=C(NCCCn1c(C)nc2ccccc21)NCc1cc(OC)ccc1OC(F)F.I. The Morgan fingerprint density at radius 2 is 1.97 bits per heavy atom. The lowest BCUT2D eigenvalue weighted by Crippen LogP contribution is -2.37. The fourth-order valence-corrected chi connectivity index (χ4v) is 3.35. The molecule has 2 N–H and O–H groups in total. The van der Waals surface area contributed by atoms with Gasteiger partial charge >= 0.3 is 6.61 Å². The molecule has 3 rings (SSSR count). The maximum Gasteiger partial charge on any atom is 0.387 e. The standard InChI is InChI=1S/C22H27F2N5O2.HI/c1-15-28-18-7-4-5-8-19(18)29(15)12-6-11-26-22(25-2)27-14-16-13-17(30-3)9-10-20(16)31-21(23)24;/h4-5,7-10,13,21H,6,11-12,14H2,1-3H3,(H2,25,26,27);1H. The maximum absolute atomic E-state index is 12.7. The van der Waals surface area contributed by atoms with Crippen LogP contribution in [0, 0.1) is 6.92 Å². The minimum absolute atomic E-state index is 0. The fraction of sp³-hybridized carbons (Fsp3) is 0.364. The van der Waals surface area contributed by atoms with E-state index in [1.54, 1.807) is 19.2 Å². The molecule has 3 aromatic rings. The molecule has 0 bridgehead atoms. The number of imidazole rings is 1. The molecule has 0 radical (unpaired) electrons. The Hall–Kier alpha value is -2.63. The number of methoxy groups -OCH3 is 1. The number of aromatic nitrogens is 2. The molecular weight excluding hydrogens is 531 g/mol. The van der Waals surface area contributed by atoms with Gasteiger partial charge in [0.1, 0.15) is 17.3 Å². The monoisotopic (exact) mass is 559 g/mol. The van der Waals surface area contributed by atoms with Gasteiger partial charge in [-0.1, -0.05) is 12.1 Å². The number of nitrogens with one attached hydrogen (secondary N) is 2. The zero-order valence-electron chi connectivity index (χ0n) is 18.3. The van der Waals surface area contributed by atoms with Crippen LogP contribution in [-0.4, -0.2) is 42.8 Å². The molecule has 7 nitrogen and oxygen atoms in total. The highest BCUT2D eigenvalue weighted by Gasteiger charge is 2.12. The normalized spacial score (nSPS) is 11.4. The van der Waals surface area contributed by atoms with Crippen LogP contribution in [0.2, 0.25) is 0 Å². The second-order valence-corrected chi connectivity index (χ2v) is 6.86. The van der Waals surface area contributed by atoms with Crippen LogP contribution in [0.25, 0.3) is 11.0 Å². The Morgan fingerprint density at radius 3 is 2.69 bits per heavy atom. The van der Waals surface area contributed by atoms with Crippen molar-refractivity contribution in [3.05, 3.63) is 53.9 Å². The smallest absolute Gasteiger partial charge is 0.387 e. The largest absolute Gasteiger partial charge is 0.497 e. The van der Waals surface area contributed by atoms with Gasteiger partial charge in [-0.15, -0.1) is 24.0 Å². The van der Waals surface area contributed by atoms with Crippen LogP contribution in [0.4, 0.5) is 8.78 Å². The number of halogens is 3. The van der Waals surface area contributed by atoms with Crippen molar-refractivity contribution in [1.82, 2.24) is 20.2 Å². The summed E-state index contributed by atoms with van der Waals surface area (Å²) in [5.41, 5.74) is 2.65. The predicted molar refractivity (Wildman–Crippen MR) is 132 cm³/mol. The molecule has 0 atom stereocenters. The van der Waals surface area contributed by atoms with Crippen molar-refractivity contribution >= 4 is 41.0 Å². The first-order chi connectivity index (χ1) is 15.0. The average Bonchev–Trinajstić information content (AvgIpc) is 3.08. The molecule has 0 aliphatic heterocycles. The van der Waals surface area contributed by atoms with Gasteiger partial charge in [0.2, 0.25) is 0 Å². The summed E-state index contributed by atoms with van der Waals surface area (Å²) in [6, 6.07) is 12.8. The van der Waals surface area contributed by atoms with Gasteiger partial charge in [-0.25, -0.2) is 4.98 Å². The molecule has 1 aromatic heterocycles. The van der Waals surface area contributed by atoms with Crippen LogP contribution in [0.1, 0.15) is 17.8 Å². The lowest BCUT2D eigenvalue weighted by molar-refractivity contribution is -0.0504. The number of benzene rings is 2. The summed E-state index contributed by atoms with van der Waals surface area (Å²) < 4.78 is 37.3. The third kappa shape index (κ3) is 6.68. The number of hydrogen-bond donors (Lipinski definition) is 2. The summed E-state index contributed by atoms with van der Waals surface area (Å²) in [7, 11) is 3.18. The number of nitrogens with zero attached hydrogens (tertiary/aromatic N) is 3. The molecule has 1 heterocycles. The first-order valence-electron chi connectivity index (χ1n) is 10.00. The highest BCUT2D eigenvalue weighted by atomic mass is 127. The Morgan fingerprint density at radius 1 is 1.19 bits per heavy atom. The van der Waals surface area contributed by atoms with Gasteiger partial charge in [-0.3, -0.25) is 4.99 Å². The molecule has 0 unspecified atom stereocenters. The molecule has 0 aliphatic carbocycles. The number of rotatable bonds is 9. The quantitative estimate of drug-likeness (QED) is 0.177. The van der Waals surface area contributed by atoms with E-state index in [0.29, 0.717) is 23.8 Å². The highest BCUT2D eigenvalue weighted by Crippen LogP contribution is 2.25. The van der Waals surface area contributed by atoms with E-state index in [0.717, 1.165) is 29.8 Å². The van der Waals surface area contributed by atoms with Crippen molar-refractivity contribution in [2.24, 2.45) is 4.99 Å². The molecule has 0 saturated heterocycles. The zero-order valence-corrected chi connectivity index (χ0v) is 20.6. The molecule has 10 heteroatoms. The number of hydrogen-bond acceptors (Lipinski definition) is 4. The summed E-state index contributed by atoms with van der Waals surface area (Å²) >= 11 is 0. The van der Waals surface area contributed by atoms with E-state index in [2.05, 4.69) is 36.0 Å². The van der Waals surface area contributed by atoms with E-state index in [4.69, 9.17) is 4.74 Å². The average molecular weight is 559 g/mol. The topological polar surface area (TPSA) is 72.7 Å². The van der Waals surface area contributed by atoms with Gasteiger partial charge < -0.3 is 24.7 Å². The number of guanidine groups is 1. The third-order valence-electron chi connectivity index (χ3n) is 4.85. The maximum atomic E-state index is 12.7. The summed E-state index contributed by atoms with van der Waals surface area (Å²) in [5, 5.41) is 6.37. The number of para-hydroxylation sites is 2. The van der Waals surface area contributed by atoms with Crippen molar-refractivity contribution in [2.75, 3.05) is 20.7 Å². The van der Waals surface area contributed by atoms with Gasteiger partial charge in [0.25, 0.3) is 0 Å². The molecule has 2 aromatic carbocycles. The van der Waals surface area contributed by atoms with Crippen molar-refractivity contribution < 1.29 is 18.3 Å². The Balaban J connectivity index is 0.00000363. The minimum atomic E-state index is -2.90. The zero-order chi connectivity index (χ0) is 22.2. The van der Waals surface area contributed by atoms with Gasteiger partial charge in [0.05, 0.1) is 18.1 Å². The van der Waals surface area contributed by atoms with Gasteiger partial charge in [-0.2, -0.15) is 8.78 Å². The van der Waals surface area contributed by atoms with E-state index in [-0.39, 0.29) is 36.3 Å². The second kappa shape index (κ2) is 12.4. The van der Waals surface area contributed by atoms with Gasteiger partial charge in [0, 0.05) is 32.2 Å². The van der Waals surface area contributed by atoms with Gasteiger partial charge in [0.15, 0.2) is 5.96 Å². The number of aryl methyl sites for hydroxylation is 2. The van der Waals surface area contributed by atoms with Crippen LogP contribution in [0.15, 0.2) is 47.5 Å². The molecule has 32 heavy (non-hydrogen) atoms. The molecule has 0 fully saturated rings. The first kappa shape index (κ1) is 25.6. The first-order valence-corrected chi connectivity index (χ1v) is 10.00. The lowest BCUT2D eigenvalue weighted by Gasteiger charge is -2.15. The van der Waals surface area contributed by atoms with E-state index in [1.165, 1.54) is 13.2 Å². The number of aliphatic imine (C=N–C) groups is 1. The van der Waals surface area contributed by atoms with E-state index < -0.39 is 6.61 Å². The van der Waals surface area contributed by atoms with Crippen LogP contribution in [0.5, 0.6) is 11.5 Å². The van der Waals surface area contributed by atoms with E-state index in [1.807, 2.05) is 25.1 Å². The summed E-state index contributed by atoms with van der Waals surface area (Å²) in [6.45, 7) is 0.862. The van der Waals surface area contributed by atoms with Crippen molar-refractivity contribution in [3.8, 4) is 11.5 Å². The Labute approximate surface area is 203 Å². The van der Waals surface area contributed by atoms with Crippen molar-refractivity contribution in [2.45, 2.75) is 33.0 Å². The Kier molecular flexibility index (Phi) is 9.95. The van der Waals surface area contributed by atoms with E-state index in [9.17, 15) is 8.78 Å². The second-order valence-electron chi connectivity index (χ2n) is 6.86. The minimum Gasteiger partial charge on any atom is -0.497 e. The third-order valence-corrected chi connectivity index (χ3v) is 4.85. The van der Waals surface area contributed by atoms with Crippen LogP contribution in [-0.2, 0) is 13.1 Å². The summed E-state index contributed by atoms with van der Waals surface area (Å²) in [6.07, 6.45) is 0.862. The molecule has 0 spiro atoms. The van der Waals surface area contributed by atoms with Crippen LogP contribution in [0.3, 0.4) is 0 Å². The van der Waals surface area contributed by atoms with Crippen LogP contribution < -0.4 is 20.1 Å². The number of ether oxygens (including phenoxy) is 2. The van der Waals surface area contributed by atoms with Crippen molar-refractivity contribution in [3.63, 3.8) is 0 Å². The molecule has 174 valence electrons.